The van der Waals surface area contributed by atoms with Crippen molar-refractivity contribution in [3.05, 3.63) is 35.9 Å². The van der Waals surface area contributed by atoms with Gasteiger partial charge in [0.25, 0.3) is 0 Å². The lowest BCUT2D eigenvalue weighted by molar-refractivity contribution is 0.746. The van der Waals surface area contributed by atoms with Crippen molar-refractivity contribution in [2.45, 2.75) is 38.5 Å². The van der Waals surface area contributed by atoms with E-state index in [4.69, 9.17) is 5.73 Å². The number of aliphatic imine (C=N–C) groups is 1. The molecule has 0 aliphatic rings. The predicted molar refractivity (Wildman–Crippen MR) is 95.5 cm³/mol. The highest BCUT2D eigenvalue weighted by atomic mass is 32.2. The Morgan fingerprint density at radius 2 is 2.30 bits per heavy atom. The van der Waals surface area contributed by atoms with Gasteiger partial charge in [0, 0.05) is 35.6 Å². The number of guanidine groups is 1. The fourth-order valence-corrected chi connectivity index (χ4v) is 3.11. The molecule has 0 aromatic carbocycles. The Bertz CT molecular complexity index is 591. The summed E-state index contributed by atoms with van der Waals surface area (Å²) in [7, 11) is 0. The fraction of sp³-hybridized carbons (Fsp3) is 0.533. The number of thioether (sulfide) groups is 1. The van der Waals surface area contributed by atoms with Crippen LogP contribution in [-0.2, 0) is 12.2 Å². The van der Waals surface area contributed by atoms with E-state index in [1.807, 2.05) is 24.9 Å². The van der Waals surface area contributed by atoms with Crippen molar-refractivity contribution in [1.82, 2.24) is 25.3 Å². The smallest absolute Gasteiger partial charge is 0.188 e. The van der Waals surface area contributed by atoms with Crippen LogP contribution in [0.4, 0.5) is 0 Å². The van der Waals surface area contributed by atoms with E-state index in [1.165, 1.54) is 0 Å². The normalized spacial score (nSPS) is 13.2. The minimum Gasteiger partial charge on any atom is -0.370 e. The van der Waals surface area contributed by atoms with Gasteiger partial charge in [-0.05, 0) is 26.7 Å². The molecule has 0 saturated heterocycles. The maximum atomic E-state index is 5.92. The minimum absolute atomic E-state index is 0.180. The SMILES string of the molecule is Cc1[nH]cnc1CSC[C@@H](C)N=C(N)NCCCc1cnc[nH]1. The van der Waals surface area contributed by atoms with Gasteiger partial charge in [-0.1, -0.05) is 0 Å². The summed E-state index contributed by atoms with van der Waals surface area (Å²) in [5.41, 5.74) is 9.30. The number of nitrogens with two attached hydrogens (primary N) is 1. The molecule has 2 heterocycles. The van der Waals surface area contributed by atoms with Gasteiger partial charge in [0.15, 0.2) is 5.96 Å². The van der Waals surface area contributed by atoms with Crippen molar-refractivity contribution < 1.29 is 0 Å². The van der Waals surface area contributed by atoms with Crippen LogP contribution in [-0.4, -0.2) is 44.2 Å². The molecule has 23 heavy (non-hydrogen) atoms. The largest absolute Gasteiger partial charge is 0.370 e. The summed E-state index contributed by atoms with van der Waals surface area (Å²) in [6.45, 7) is 4.92. The van der Waals surface area contributed by atoms with E-state index in [-0.39, 0.29) is 6.04 Å². The molecule has 0 spiro atoms. The lowest BCUT2D eigenvalue weighted by Crippen LogP contribution is -2.34. The van der Waals surface area contributed by atoms with Gasteiger partial charge in [-0.2, -0.15) is 11.8 Å². The molecule has 0 amide bonds. The Morgan fingerprint density at radius 3 is 3.00 bits per heavy atom. The van der Waals surface area contributed by atoms with Crippen molar-refractivity contribution in [1.29, 1.82) is 0 Å². The van der Waals surface area contributed by atoms with Crippen LogP contribution in [0.2, 0.25) is 0 Å². The highest BCUT2D eigenvalue weighted by molar-refractivity contribution is 7.98. The molecule has 0 saturated carbocycles. The number of hydrogen-bond donors (Lipinski definition) is 4. The molecule has 0 aliphatic heterocycles. The molecule has 5 N–H and O–H groups in total. The molecule has 1 atom stereocenters. The highest BCUT2D eigenvalue weighted by Crippen LogP contribution is 2.14. The fourth-order valence-electron chi connectivity index (χ4n) is 2.10. The third-order valence-electron chi connectivity index (χ3n) is 3.38. The van der Waals surface area contributed by atoms with Crippen LogP contribution in [0.1, 0.15) is 30.4 Å². The van der Waals surface area contributed by atoms with Crippen LogP contribution in [0.3, 0.4) is 0 Å². The van der Waals surface area contributed by atoms with Gasteiger partial charge in [0.1, 0.15) is 0 Å². The first-order chi connectivity index (χ1) is 11.1. The monoisotopic (exact) mass is 335 g/mol. The zero-order chi connectivity index (χ0) is 16.5. The Kier molecular flexibility index (Phi) is 6.99. The van der Waals surface area contributed by atoms with E-state index >= 15 is 0 Å². The third kappa shape index (κ3) is 6.35. The number of hydrogen-bond acceptors (Lipinski definition) is 4. The summed E-state index contributed by atoms with van der Waals surface area (Å²) in [6.07, 6.45) is 7.22. The molecular weight excluding hydrogens is 310 g/mol. The summed E-state index contributed by atoms with van der Waals surface area (Å²) in [5.74, 6) is 2.33. The highest BCUT2D eigenvalue weighted by Gasteiger charge is 2.05. The zero-order valence-electron chi connectivity index (χ0n) is 13.7. The molecule has 2 aromatic rings. The summed E-state index contributed by atoms with van der Waals surface area (Å²) in [6, 6.07) is 0.180. The molecule has 0 radical (unpaired) electrons. The maximum Gasteiger partial charge on any atom is 0.188 e. The minimum atomic E-state index is 0.180. The predicted octanol–water partition coefficient (Wildman–Crippen LogP) is 1.60. The molecule has 0 fully saturated rings. The summed E-state index contributed by atoms with van der Waals surface area (Å²) >= 11 is 1.82. The van der Waals surface area contributed by atoms with Gasteiger partial charge in [-0.3, -0.25) is 0 Å². The molecule has 0 aliphatic carbocycles. The number of nitrogens with one attached hydrogen (secondary N) is 3. The standard InChI is InChI=1S/C15H25N7S/c1-11(7-23-8-14-12(2)19-10-21-14)22-15(16)18-5-3-4-13-6-17-9-20-13/h6,9-11H,3-5,7-8H2,1-2H3,(H,17,20)(H,19,21)(H3,16,18,22)/t11-/m1/s1. The first-order valence-electron chi connectivity index (χ1n) is 7.76. The molecule has 2 aromatic heterocycles. The summed E-state index contributed by atoms with van der Waals surface area (Å²) in [4.78, 5) is 18.9. The van der Waals surface area contributed by atoms with Crippen LogP contribution in [0, 0.1) is 6.92 Å². The summed E-state index contributed by atoms with van der Waals surface area (Å²) in [5, 5.41) is 3.16. The average molecular weight is 335 g/mol. The van der Waals surface area contributed by atoms with Crippen molar-refractivity contribution in [3.63, 3.8) is 0 Å². The number of rotatable bonds is 9. The van der Waals surface area contributed by atoms with Gasteiger partial charge in [-0.15, -0.1) is 0 Å². The Labute approximate surface area is 141 Å². The number of aryl methyl sites for hydroxylation is 2. The molecule has 7 nitrogen and oxygen atoms in total. The van der Waals surface area contributed by atoms with E-state index in [0.29, 0.717) is 5.96 Å². The third-order valence-corrected chi connectivity index (χ3v) is 4.57. The van der Waals surface area contributed by atoms with Crippen LogP contribution in [0.5, 0.6) is 0 Å². The van der Waals surface area contributed by atoms with Crippen LogP contribution >= 0.6 is 11.8 Å². The topological polar surface area (TPSA) is 108 Å². The van der Waals surface area contributed by atoms with E-state index in [1.54, 1.807) is 12.7 Å². The van der Waals surface area contributed by atoms with Gasteiger partial charge >= 0.3 is 0 Å². The van der Waals surface area contributed by atoms with Crippen LogP contribution < -0.4 is 11.1 Å². The van der Waals surface area contributed by atoms with E-state index < -0.39 is 0 Å². The molecule has 126 valence electrons. The number of aromatic nitrogens is 4. The number of imidazole rings is 2. The van der Waals surface area contributed by atoms with Gasteiger partial charge < -0.3 is 21.0 Å². The lowest BCUT2D eigenvalue weighted by atomic mass is 10.2. The van der Waals surface area contributed by atoms with Crippen molar-refractivity contribution >= 4 is 17.7 Å². The second-order valence-corrected chi connectivity index (χ2v) is 6.49. The van der Waals surface area contributed by atoms with Crippen molar-refractivity contribution in [3.8, 4) is 0 Å². The number of nitrogens with zero attached hydrogens (tertiary/aromatic N) is 3. The van der Waals surface area contributed by atoms with Gasteiger partial charge in [-0.25, -0.2) is 15.0 Å². The molecule has 8 heteroatoms. The first kappa shape index (κ1) is 17.4. The molecular formula is C15H25N7S. The average Bonchev–Trinajstić information content (AvgIpc) is 3.16. The van der Waals surface area contributed by atoms with E-state index in [2.05, 4.69) is 37.2 Å². The van der Waals surface area contributed by atoms with Crippen LogP contribution in [0.15, 0.2) is 23.8 Å². The van der Waals surface area contributed by atoms with Crippen molar-refractivity contribution in [2.75, 3.05) is 12.3 Å². The van der Waals surface area contributed by atoms with Crippen molar-refractivity contribution in [2.24, 2.45) is 10.7 Å². The lowest BCUT2D eigenvalue weighted by Gasteiger charge is -2.09. The maximum absolute atomic E-state index is 5.92. The first-order valence-corrected chi connectivity index (χ1v) is 8.91. The summed E-state index contributed by atoms with van der Waals surface area (Å²) < 4.78 is 0. The van der Waals surface area contributed by atoms with E-state index in [9.17, 15) is 0 Å². The quantitative estimate of drug-likeness (QED) is 0.316. The zero-order valence-corrected chi connectivity index (χ0v) is 14.5. The number of H-pyrrole nitrogens is 2. The Balaban J connectivity index is 1.59. The molecule has 0 unspecified atom stereocenters. The van der Waals surface area contributed by atoms with Gasteiger partial charge in [0.05, 0.1) is 24.4 Å². The Hall–Kier alpha value is -1.96. The second-order valence-electron chi connectivity index (χ2n) is 5.46. The molecule has 0 bridgehead atoms. The van der Waals surface area contributed by atoms with Gasteiger partial charge in [0.2, 0.25) is 0 Å². The van der Waals surface area contributed by atoms with E-state index in [0.717, 1.165) is 48.0 Å². The Morgan fingerprint density at radius 1 is 1.43 bits per heavy atom. The number of aromatic amines is 2. The van der Waals surface area contributed by atoms with Crippen LogP contribution in [0.25, 0.3) is 0 Å². The molecule has 2 rings (SSSR count). The second kappa shape index (κ2) is 9.24.